The van der Waals surface area contributed by atoms with Crippen LogP contribution in [0.3, 0.4) is 0 Å². The minimum Gasteiger partial charge on any atom is -0.481 e. The van der Waals surface area contributed by atoms with Crippen molar-refractivity contribution in [2.24, 2.45) is 0 Å². The number of hydrogen-bond acceptors (Lipinski definition) is 11. The van der Waals surface area contributed by atoms with E-state index >= 15 is 0 Å². The summed E-state index contributed by atoms with van der Waals surface area (Å²) in [5.41, 5.74) is 0. The summed E-state index contributed by atoms with van der Waals surface area (Å²) in [5, 5.41) is 42.7. The van der Waals surface area contributed by atoms with E-state index in [1.54, 1.807) is 0 Å². The quantitative estimate of drug-likeness (QED) is 0.0169. The highest BCUT2D eigenvalue weighted by atomic mass is 16.5. The third-order valence-corrected chi connectivity index (χ3v) is 9.43. The summed E-state index contributed by atoms with van der Waals surface area (Å²) in [6.45, 7) is 3.23. The van der Waals surface area contributed by atoms with Crippen LogP contribution in [-0.2, 0) is 33.4 Å². The minimum absolute atomic E-state index is 0.0910. The lowest BCUT2D eigenvalue weighted by Crippen LogP contribution is -2.06. The average molecular weight is 821 g/mol. The van der Waals surface area contributed by atoms with Crippen molar-refractivity contribution >= 4 is 24.4 Å². The first-order chi connectivity index (χ1) is 27.9. The SMILES string of the molecule is O=C(CCCCCCCC(=O)OCCCCCCCCCO)OCCCCCCCCCO.O=COCCCCCCCC(=O)O.OCCCCCCCCCO. The van der Waals surface area contributed by atoms with Crippen molar-refractivity contribution in [3.8, 4) is 0 Å². The van der Waals surface area contributed by atoms with E-state index in [0.717, 1.165) is 141 Å². The summed E-state index contributed by atoms with van der Waals surface area (Å²) >= 11 is 0. The molecule has 0 amide bonds. The van der Waals surface area contributed by atoms with E-state index in [1.165, 1.54) is 57.8 Å². The Balaban J connectivity index is -0.000000985. The van der Waals surface area contributed by atoms with E-state index in [-0.39, 0.29) is 18.4 Å². The van der Waals surface area contributed by atoms with E-state index in [1.807, 2.05) is 0 Å². The summed E-state index contributed by atoms with van der Waals surface area (Å²) in [6.07, 6.45) is 33.6. The predicted molar refractivity (Wildman–Crippen MR) is 227 cm³/mol. The fraction of sp³-hybridized carbons (Fsp3) is 0.911. The molecule has 0 aliphatic heterocycles. The summed E-state index contributed by atoms with van der Waals surface area (Å²) in [6, 6.07) is 0. The fourth-order valence-electron chi connectivity index (χ4n) is 5.93. The van der Waals surface area contributed by atoms with E-state index in [2.05, 4.69) is 4.74 Å². The fourth-order valence-corrected chi connectivity index (χ4v) is 5.93. The third-order valence-electron chi connectivity index (χ3n) is 9.43. The van der Waals surface area contributed by atoms with E-state index < -0.39 is 5.97 Å². The molecule has 0 saturated carbocycles. The number of carbonyl (C=O) groups is 4. The first-order valence-corrected chi connectivity index (χ1v) is 22.9. The van der Waals surface area contributed by atoms with Gasteiger partial charge in [0.2, 0.25) is 0 Å². The van der Waals surface area contributed by atoms with Gasteiger partial charge >= 0.3 is 17.9 Å². The Morgan fingerprint density at radius 3 is 0.860 bits per heavy atom. The largest absolute Gasteiger partial charge is 0.481 e. The van der Waals surface area contributed by atoms with Crippen molar-refractivity contribution in [3.63, 3.8) is 0 Å². The molecule has 0 unspecified atom stereocenters. The number of carboxylic acid groups (broad SMARTS) is 1. The molecule has 0 bridgehead atoms. The average Bonchev–Trinajstić information content (AvgIpc) is 3.20. The van der Waals surface area contributed by atoms with Gasteiger partial charge in [0.15, 0.2) is 0 Å². The van der Waals surface area contributed by atoms with Crippen molar-refractivity contribution in [1.82, 2.24) is 0 Å². The molecule has 5 N–H and O–H groups in total. The summed E-state index contributed by atoms with van der Waals surface area (Å²) in [5.74, 6) is -0.914. The van der Waals surface area contributed by atoms with Crippen LogP contribution in [0.25, 0.3) is 0 Å². The molecule has 0 heterocycles. The molecule has 0 aromatic heterocycles. The highest BCUT2D eigenvalue weighted by molar-refractivity contribution is 5.69. The first-order valence-electron chi connectivity index (χ1n) is 22.9. The van der Waals surface area contributed by atoms with Crippen molar-refractivity contribution in [2.45, 2.75) is 218 Å². The Bertz CT molecular complexity index is 765. The molecular weight excluding hydrogens is 732 g/mol. The molecule has 0 rings (SSSR count). The molecule has 0 atom stereocenters. The van der Waals surface area contributed by atoms with Gasteiger partial charge in [0.05, 0.1) is 19.8 Å². The molecule has 12 nitrogen and oxygen atoms in total. The Hall–Kier alpha value is -2.28. The molecule has 0 saturated heterocycles. The van der Waals surface area contributed by atoms with Crippen molar-refractivity contribution in [2.75, 3.05) is 46.2 Å². The van der Waals surface area contributed by atoms with Crippen LogP contribution in [0.15, 0.2) is 0 Å². The van der Waals surface area contributed by atoms with Crippen LogP contribution in [0.2, 0.25) is 0 Å². The number of carboxylic acids is 1. The number of aliphatic hydroxyl groups excluding tert-OH is 4. The standard InChI is InChI=1S/C27H52O6.C9H16O4.C9H20O2/c28-22-16-10-3-1-5-12-18-24-32-26(30)20-14-8-7-9-15-21-27(31)33-25-19-13-6-2-4-11-17-23-29;10-8-13-7-5-3-1-2-4-6-9(11)12;10-8-6-4-2-1-3-5-7-9-11/h28-29H,1-25H2;8H,1-7H2,(H,11,12);10-11H,1-9H2. The van der Waals surface area contributed by atoms with Crippen LogP contribution >= 0.6 is 0 Å². The van der Waals surface area contributed by atoms with Crippen LogP contribution in [0.5, 0.6) is 0 Å². The number of unbranched alkanes of at least 4 members (excludes halogenated alkanes) is 26. The number of aliphatic hydroxyl groups is 4. The molecule has 57 heavy (non-hydrogen) atoms. The molecular formula is C45H88O12. The van der Waals surface area contributed by atoms with Gasteiger partial charge in [0.1, 0.15) is 0 Å². The maximum Gasteiger partial charge on any atom is 0.305 e. The second-order valence-corrected chi connectivity index (χ2v) is 14.9. The number of aliphatic carboxylic acids is 1. The van der Waals surface area contributed by atoms with Crippen molar-refractivity contribution < 1.29 is 58.9 Å². The van der Waals surface area contributed by atoms with Crippen LogP contribution < -0.4 is 0 Å². The molecule has 12 heteroatoms. The molecule has 0 radical (unpaired) electrons. The summed E-state index contributed by atoms with van der Waals surface area (Å²) < 4.78 is 15.1. The molecule has 0 aromatic carbocycles. The number of esters is 2. The lowest BCUT2D eigenvalue weighted by atomic mass is 10.1. The maximum absolute atomic E-state index is 11.7. The van der Waals surface area contributed by atoms with Crippen LogP contribution in [0, 0.1) is 0 Å². The van der Waals surface area contributed by atoms with E-state index in [9.17, 15) is 19.2 Å². The van der Waals surface area contributed by atoms with Gasteiger partial charge in [-0.1, -0.05) is 135 Å². The smallest absolute Gasteiger partial charge is 0.305 e. The molecule has 340 valence electrons. The van der Waals surface area contributed by atoms with Gasteiger partial charge in [0, 0.05) is 45.7 Å². The molecule has 0 fully saturated rings. The topological polar surface area (TPSA) is 197 Å². The van der Waals surface area contributed by atoms with E-state index in [0.29, 0.717) is 65.6 Å². The number of carbonyl (C=O) groups excluding carboxylic acids is 3. The van der Waals surface area contributed by atoms with Gasteiger partial charge in [0.25, 0.3) is 6.47 Å². The first kappa shape index (κ1) is 59.0. The Labute approximate surface area is 347 Å². The molecule has 0 aliphatic carbocycles. The van der Waals surface area contributed by atoms with Crippen LogP contribution in [0.4, 0.5) is 0 Å². The lowest BCUT2D eigenvalue weighted by molar-refractivity contribution is -0.144. The van der Waals surface area contributed by atoms with Gasteiger partial charge in [-0.05, 0) is 64.2 Å². The third kappa shape index (κ3) is 63.1. The van der Waals surface area contributed by atoms with Crippen molar-refractivity contribution in [3.05, 3.63) is 0 Å². The van der Waals surface area contributed by atoms with E-state index in [4.69, 9.17) is 35.0 Å². The number of hydrogen-bond donors (Lipinski definition) is 5. The normalized spacial score (nSPS) is 10.5. The highest BCUT2D eigenvalue weighted by Gasteiger charge is 2.05. The van der Waals surface area contributed by atoms with Crippen LogP contribution in [-0.4, -0.2) is 96.2 Å². The van der Waals surface area contributed by atoms with Gasteiger partial charge in [-0.25, -0.2) is 0 Å². The predicted octanol–water partition coefficient (Wildman–Crippen LogP) is 9.54. The minimum atomic E-state index is -0.732. The maximum atomic E-state index is 11.7. The monoisotopic (exact) mass is 821 g/mol. The molecule has 0 aromatic rings. The highest BCUT2D eigenvalue weighted by Crippen LogP contribution is 2.12. The second-order valence-electron chi connectivity index (χ2n) is 14.9. The number of ether oxygens (including phenoxy) is 3. The zero-order valence-electron chi connectivity index (χ0n) is 36.2. The molecule has 0 aliphatic rings. The lowest BCUT2D eigenvalue weighted by Gasteiger charge is -2.06. The summed E-state index contributed by atoms with van der Waals surface area (Å²) in [7, 11) is 0. The summed E-state index contributed by atoms with van der Waals surface area (Å²) in [4.78, 5) is 43.3. The zero-order chi connectivity index (χ0) is 42.6. The number of rotatable bonds is 43. The Kier molecular flexibility index (Phi) is 57.8. The van der Waals surface area contributed by atoms with Gasteiger partial charge < -0.3 is 39.7 Å². The van der Waals surface area contributed by atoms with Gasteiger partial charge in [-0.15, -0.1) is 0 Å². The van der Waals surface area contributed by atoms with Gasteiger partial charge in [-0.2, -0.15) is 0 Å². The molecule has 0 spiro atoms. The van der Waals surface area contributed by atoms with Crippen LogP contribution in [0.1, 0.15) is 218 Å². The Morgan fingerprint density at radius 2 is 0.579 bits per heavy atom. The van der Waals surface area contributed by atoms with Crippen molar-refractivity contribution in [1.29, 1.82) is 0 Å². The second kappa shape index (κ2) is 55.8. The Morgan fingerprint density at radius 1 is 0.333 bits per heavy atom. The zero-order valence-corrected chi connectivity index (χ0v) is 36.2. The van der Waals surface area contributed by atoms with Gasteiger partial charge in [-0.3, -0.25) is 19.2 Å².